The Morgan fingerprint density at radius 1 is 1.17 bits per heavy atom. The summed E-state index contributed by atoms with van der Waals surface area (Å²) in [5.41, 5.74) is 4.99. The van der Waals surface area contributed by atoms with Crippen molar-refractivity contribution in [3.05, 3.63) is 46.8 Å². The zero-order valence-corrected chi connectivity index (χ0v) is 13.9. The molecule has 0 spiro atoms. The average molecular weight is 345 g/mol. The lowest BCUT2D eigenvalue weighted by molar-refractivity contribution is -0.117. The largest absolute Gasteiger partial charge is 0.362 e. The van der Waals surface area contributed by atoms with Gasteiger partial charge in [0.25, 0.3) is 0 Å². The summed E-state index contributed by atoms with van der Waals surface area (Å²) in [6, 6.07) is 6.68. The first kappa shape index (κ1) is 15.4. The maximum absolute atomic E-state index is 12.3. The summed E-state index contributed by atoms with van der Waals surface area (Å²) in [6.45, 7) is 0. The number of aryl methyl sites for hydroxylation is 2. The molecular weight excluding hydrogens is 326 g/mol. The molecular formula is C17H19N3O3S. The number of rotatable bonds is 3. The Hall–Kier alpha value is -2.12. The topological polar surface area (TPSA) is 105 Å². The second-order valence-corrected chi connectivity index (χ2v) is 8.11. The number of nitrogens with one attached hydrogen (secondary N) is 2. The number of primary sulfonamides is 1. The van der Waals surface area contributed by atoms with Gasteiger partial charge in [0.2, 0.25) is 15.9 Å². The van der Waals surface area contributed by atoms with E-state index in [0.717, 1.165) is 18.5 Å². The van der Waals surface area contributed by atoms with Gasteiger partial charge in [0.05, 0.1) is 10.8 Å². The summed E-state index contributed by atoms with van der Waals surface area (Å²) >= 11 is 0. The van der Waals surface area contributed by atoms with Crippen LogP contribution < -0.4 is 10.5 Å². The first-order valence-electron chi connectivity index (χ1n) is 8.09. The SMILES string of the molecule is NS(=O)(=O)c1ccc2c(c1)C(Cc1cc3c([nH]1)CCCC3)C(=O)N2. The lowest BCUT2D eigenvalue weighted by atomic mass is 9.95. The third kappa shape index (κ3) is 2.63. The molecule has 2 aliphatic rings. The van der Waals surface area contributed by atoms with E-state index in [4.69, 9.17) is 5.14 Å². The number of aromatic nitrogens is 1. The molecule has 4 rings (SSSR count). The lowest BCUT2D eigenvalue weighted by Crippen LogP contribution is -2.15. The van der Waals surface area contributed by atoms with Crippen LogP contribution in [0.1, 0.15) is 41.3 Å². The number of aromatic amines is 1. The molecule has 0 fully saturated rings. The van der Waals surface area contributed by atoms with Crippen molar-refractivity contribution >= 4 is 21.6 Å². The van der Waals surface area contributed by atoms with Crippen molar-refractivity contribution in [1.29, 1.82) is 0 Å². The van der Waals surface area contributed by atoms with Crippen LogP contribution in [0.25, 0.3) is 0 Å². The van der Waals surface area contributed by atoms with Gasteiger partial charge < -0.3 is 10.3 Å². The Morgan fingerprint density at radius 3 is 2.71 bits per heavy atom. The van der Waals surface area contributed by atoms with Crippen molar-refractivity contribution in [2.45, 2.75) is 42.9 Å². The molecule has 2 aromatic rings. The fraction of sp³-hybridized carbons (Fsp3) is 0.353. The van der Waals surface area contributed by atoms with Crippen LogP contribution in [0, 0.1) is 0 Å². The molecule has 1 aliphatic heterocycles. The van der Waals surface area contributed by atoms with E-state index in [-0.39, 0.29) is 10.8 Å². The van der Waals surface area contributed by atoms with E-state index in [9.17, 15) is 13.2 Å². The summed E-state index contributed by atoms with van der Waals surface area (Å²) in [7, 11) is -3.79. The predicted molar refractivity (Wildman–Crippen MR) is 90.3 cm³/mol. The monoisotopic (exact) mass is 345 g/mol. The van der Waals surface area contributed by atoms with Crippen molar-refractivity contribution < 1.29 is 13.2 Å². The van der Waals surface area contributed by atoms with E-state index in [1.165, 1.54) is 36.2 Å². The minimum Gasteiger partial charge on any atom is -0.362 e. The highest BCUT2D eigenvalue weighted by molar-refractivity contribution is 7.89. The number of nitrogens with two attached hydrogens (primary N) is 1. The second kappa shape index (κ2) is 5.46. The van der Waals surface area contributed by atoms with Crippen LogP contribution in [0.15, 0.2) is 29.2 Å². The smallest absolute Gasteiger partial charge is 0.238 e. The number of hydrogen-bond acceptors (Lipinski definition) is 3. The number of carbonyl (C=O) groups excluding carboxylic acids is 1. The molecule has 1 aromatic heterocycles. The molecule has 2 heterocycles. The highest BCUT2D eigenvalue weighted by Gasteiger charge is 2.32. The van der Waals surface area contributed by atoms with E-state index >= 15 is 0 Å². The van der Waals surface area contributed by atoms with Crippen LogP contribution in [0.3, 0.4) is 0 Å². The Kier molecular flexibility index (Phi) is 3.51. The van der Waals surface area contributed by atoms with Crippen molar-refractivity contribution in [1.82, 2.24) is 4.98 Å². The number of anilines is 1. The molecule has 126 valence electrons. The number of hydrogen-bond donors (Lipinski definition) is 3. The molecule has 24 heavy (non-hydrogen) atoms. The minimum absolute atomic E-state index is 0.0357. The van der Waals surface area contributed by atoms with Gasteiger partial charge in [-0.3, -0.25) is 4.79 Å². The average Bonchev–Trinajstić information content (AvgIpc) is 3.07. The fourth-order valence-electron chi connectivity index (χ4n) is 3.68. The summed E-state index contributed by atoms with van der Waals surface area (Å²) in [6.07, 6.45) is 5.05. The van der Waals surface area contributed by atoms with Crippen LogP contribution in [-0.2, 0) is 34.1 Å². The zero-order chi connectivity index (χ0) is 16.9. The molecule has 1 unspecified atom stereocenters. The summed E-state index contributed by atoms with van der Waals surface area (Å²) in [5.74, 6) is -0.508. The maximum atomic E-state index is 12.3. The number of benzene rings is 1. The molecule has 0 radical (unpaired) electrons. The van der Waals surface area contributed by atoms with Crippen molar-refractivity contribution in [3.63, 3.8) is 0 Å². The Bertz CT molecular complexity index is 907. The first-order chi connectivity index (χ1) is 11.4. The third-order valence-corrected chi connectivity index (χ3v) is 5.81. The standard InChI is InChI=1S/C17H19N3O3S/c18-24(22,23)12-5-6-16-13(9-12)14(17(21)20-16)8-11-7-10-3-1-2-4-15(10)19-11/h5-7,9,14,19H,1-4,8H2,(H,20,21)(H2,18,22,23). The van der Waals surface area contributed by atoms with Crippen molar-refractivity contribution in [2.75, 3.05) is 5.32 Å². The molecule has 1 atom stereocenters. The van der Waals surface area contributed by atoms with E-state index < -0.39 is 15.9 Å². The number of amides is 1. The van der Waals surface area contributed by atoms with Gasteiger partial charge in [0.1, 0.15) is 0 Å². The number of fused-ring (bicyclic) bond motifs is 2. The number of H-pyrrole nitrogens is 1. The normalized spacial score (nSPS) is 19.7. The summed E-state index contributed by atoms with van der Waals surface area (Å²) < 4.78 is 23.2. The molecule has 1 aliphatic carbocycles. The van der Waals surface area contributed by atoms with Crippen LogP contribution in [0.5, 0.6) is 0 Å². The fourth-order valence-corrected chi connectivity index (χ4v) is 4.23. The van der Waals surface area contributed by atoms with Crippen LogP contribution in [0.2, 0.25) is 0 Å². The molecule has 1 amide bonds. The van der Waals surface area contributed by atoms with Gasteiger partial charge in [0.15, 0.2) is 0 Å². The second-order valence-electron chi connectivity index (χ2n) is 6.55. The number of sulfonamides is 1. The van der Waals surface area contributed by atoms with Gasteiger partial charge in [-0.25, -0.2) is 13.6 Å². The molecule has 6 nitrogen and oxygen atoms in total. The van der Waals surface area contributed by atoms with Gasteiger partial charge >= 0.3 is 0 Å². The van der Waals surface area contributed by atoms with Crippen molar-refractivity contribution in [2.24, 2.45) is 5.14 Å². The van der Waals surface area contributed by atoms with Gasteiger partial charge in [-0.15, -0.1) is 0 Å². The van der Waals surface area contributed by atoms with E-state index in [1.807, 2.05) is 0 Å². The quantitative estimate of drug-likeness (QED) is 0.790. The molecule has 4 N–H and O–H groups in total. The highest BCUT2D eigenvalue weighted by Crippen LogP contribution is 2.36. The van der Waals surface area contributed by atoms with Crippen LogP contribution in [-0.4, -0.2) is 19.3 Å². The lowest BCUT2D eigenvalue weighted by Gasteiger charge is -2.09. The van der Waals surface area contributed by atoms with Crippen molar-refractivity contribution in [3.8, 4) is 0 Å². The first-order valence-corrected chi connectivity index (χ1v) is 9.64. The molecule has 0 saturated carbocycles. The van der Waals surface area contributed by atoms with Gasteiger partial charge in [-0.05, 0) is 61.1 Å². The van der Waals surface area contributed by atoms with E-state index in [2.05, 4.69) is 16.4 Å². The molecule has 0 saturated heterocycles. The third-order valence-electron chi connectivity index (χ3n) is 4.90. The zero-order valence-electron chi connectivity index (χ0n) is 13.1. The van der Waals surface area contributed by atoms with E-state index in [0.29, 0.717) is 17.7 Å². The Morgan fingerprint density at radius 2 is 1.96 bits per heavy atom. The Balaban J connectivity index is 1.67. The molecule has 1 aromatic carbocycles. The van der Waals surface area contributed by atoms with Gasteiger partial charge in [-0.1, -0.05) is 0 Å². The maximum Gasteiger partial charge on any atom is 0.238 e. The Labute approximate surface area is 140 Å². The van der Waals surface area contributed by atoms with Gasteiger partial charge in [-0.2, -0.15) is 0 Å². The molecule has 7 heteroatoms. The number of carbonyl (C=O) groups is 1. The highest BCUT2D eigenvalue weighted by atomic mass is 32.2. The van der Waals surface area contributed by atoms with Crippen LogP contribution in [0.4, 0.5) is 5.69 Å². The molecule has 0 bridgehead atoms. The summed E-state index contributed by atoms with van der Waals surface area (Å²) in [5, 5.41) is 8.03. The predicted octanol–water partition coefficient (Wildman–Crippen LogP) is 1.82. The summed E-state index contributed by atoms with van der Waals surface area (Å²) in [4.78, 5) is 15.8. The van der Waals surface area contributed by atoms with Crippen LogP contribution >= 0.6 is 0 Å². The van der Waals surface area contributed by atoms with E-state index in [1.54, 1.807) is 6.07 Å². The van der Waals surface area contributed by atoms with Gasteiger partial charge in [0, 0.05) is 23.5 Å². The minimum atomic E-state index is -3.79.